The molecule has 0 aromatic heterocycles. The number of para-hydroxylation sites is 1. The number of carbonyl (C=O) groups excluding carboxylic acids is 2. The molecule has 6 nitrogen and oxygen atoms in total. The van der Waals surface area contributed by atoms with Crippen LogP contribution in [0.3, 0.4) is 0 Å². The number of benzene rings is 1. The number of ether oxygens (including phenoxy) is 1. The number of carbonyl (C=O) groups is 2. The van der Waals surface area contributed by atoms with E-state index < -0.39 is 18.0 Å². The molecule has 1 rings (SSSR count). The number of rotatable bonds is 3. The Morgan fingerprint density at radius 3 is 2.50 bits per heavy atom. The minimum absolute atomic E-state index is 0.0869. The van der Waals surface area contributed by atoms with Crippen LogP contribution in [-0.4, -0.2) is 24.5 Å². The molecule has 1 aromatic carbocycles. The molecule has 0 saturated heterocycles. The summed E-state index contributed by atoms with van der Waals surface area (Å²) in [5.41, 5.74) is 16.4. The molecular formula is C10H13N3O3. The Kier molecular flexibility index (Phi) is 3.98. The summed E-state index contributed by atoms with van der Waals surface area (Å²) in [5, 5.41) is 0. The molecule has 0 spiro atoms. The highest BCUT2D eigenvalue weighted by atomic mass is 16.6. The lowest BCUT2D eigenvalue weighted by Gasteiger charge is -2.08. The van der Waals surface area contributed by atoms with Gasteiger partial charge >= 0.3 is 11.9 Å². The van der Waals surface area contributed by atoms with Crippen molar-refractivity contribution in [1.82, 2.24) is 0 Å². The SMILES string of the molecule is NC[C@H](N)C(=O)OC(=O)c1ccccc1N. The smallest absolute Gasteiger partial charge is 0.347 e. The predicted octanol–water partition coefficient (Wildman–Crippen LogP) is -0.762. The molecule has 6 heteroatoms. The van der Waals surface area contributed by atoms with Gasteiger partial charge in [0.1, 0.15) is 6.04 Å². The van der Waals surface area contributed by atoms with Gasteiger partial charge in [-0.1, -0.05) is 12.1 Å². The number of hydrogen-bond acceptors (Lipinski definition) is 6. The lowest BCUT2D eigenvalue weighted by atomic mass is 10.2. The van der Waals surface area contributed by atoms with Gasteiger partial charge in [-0.3, -0.25) is 0 Å². The van der Waals surface area contributed by atoms with Gasteiger partial charge < -0.3 is 21.9 Å². The third-order valence-electron chi connectivity index (χ3n) is 1.93. The summed E-state index contributed by atoms with van der Waals surface area (Å²) in [6.45, 7) is -0.0869. The van der Waals surface area contributed by atoms with Crippen molar-refractivity contribution in [2.45, 2.75) is 6.04 Å². The minimum atomic E-state index is -1.01. The second kappa shape index (κ2) is 5.24. The monoisotopic (exact) mass is 223 g/mol. The molecule has 0 heterocycles. The van der Waals surface area contributed by atoms with Crippen LogP contribution in [0.15, 0.2) is 24.3 Å². The first-order valence-electron chi connectivity index (χ1n) is 4.62. The average molecular weight is 223 g/mol. The largest absolute Gasteiger partial charge is 0.398 e. The van der Waals surface area contributed by atoms with E-state index in [1.54, 1.807) is 12.1 Å². The maximum absolute atomic E-state index is 11.5. The van der Waals surface area contributed by atoms with Crippen LogP contribution in [0.1, 0.15) is 10.4 Å². The Bertz CT molecular complexity index is 406. The van der Waals surface area contributed by atoms with Crippen molar-refractivity contribution in [3.8, 4) is 0 Å². The van der Waals surface area contributed by atoms with Crippen LogP contribution in [0.2, 0.25) is 0 Å². The zero-order chi connectivity index (χ0) is 12.1. The molecule has 0 aliphatic carbocycles. The molecule has 1 atom stereocenters. The Hall–Kier alpha value is -1.92. The number of nitrogen functional groups attached to an aromatic ring is 1. The van der Waals surface area contributed by atoms with Gasteiger partial charge in [-0.15, -0.1) is 0 Å². The molecule has 6 N–H and O–H groups in total. The molecule has 86 valence electrons. The first kappa shape index (κ1) is 12.2. The summed E-state index contributed by atoms with van der Waals surface area (Å²) in [4.78, 5) is 22.7. The molecule has 0 fully saturated rings. The van der Waals surface area contributed by atoms with Gasteiger partial charge in [0.25, 0.3) is 0 Å². The third kappa shape index (κ3) is 2.78. The van der Waals surface area contributed by atoms with Gasteiger partial charge in [-0.05, 0) is 12.1 Å². The van der Waals surface area contributed by atoms with E-state index in [-0.39, 0.29) is 17.8 Å². The maximum atomic E-state index is 11.5. The van der Waals surface area contributed by atoms with Crippen LogP contribution in [0, 0.1) is 0 Å². The van der Waals surface area contributed by atoms with Crippen LogP contribution in [-0.2, 0) is 9.53 Å². The molecule has 0 bridgehead atoms. The van der Waals surface area contributed by atoms with Gasteiger partial charge in [0.15, 0.2) is 0 Å². The Morgan fingerprint density at radius 1 is 1.31 bits per heavy atom. The van der Waals surface area contributed by atoms with E-state index in [0.717, 1.165) is 0 Å². The quantitative estimate of drug-likeness (QED) is 0.351. The van der Waals surface area contributed by atoms with Crippen molar-refractivity contribution < 1.29 is 14.3 Å². The van der Waals surface area contributed by atoms with Crippen LogP contribution < -0.4 is 17.2 Å². The molecule has 0 aliphatic heterocycles. The predicted molar refractivity (Wildman–Crippen MR) is 58.3 cm³/mol. The van der Waals surface area contributed by atoms with Crippen LogP contribution >= 0.6 is 0 Å². The Morgan fingerprint density at radius 2 is 1.94 bits per heavy atom. The highest BCUT2D eigenvalue weighted by molar-refractivity contribution is 6.01. The fraction of sp³-hybridized carbons (Fsp3) is 0.200. The normalized spacial score (nSPS) is 11.9. The molecule has 16 heavy (non-hydrogen) atoms. The number of nitrogens with two attached hydrogens (primary N) is 3. The molecule has 0 unspecified atom stereocenters. The van der Waals surface area contributed by atoms with Gasteiger partial charge in [-0.25, -0.2) is 9.59 Å². The second-order valence-corrected chi connectivity index (χ2v) is 3.14. The van der Waals surface area contributed by atoms with Crippen LogP contribution in [0.5, 0.6) is 0 Å². The lowest BCUT2D eigenvalue weighted by Crippen LogP contribution is -2.40. The summed E-state index contributed by atoms with van der Waals surface area (Å²) in [6.07, 6.45) is 0. The van der Waals surface area contributed by atoms with Gasteiger partial charge in [-0.2, -0.15) is 0 Å². The topological polar surface area (TPSA) is 121 Å². The van der Waals surface area contributed by atoms with E-state index >= 15 is 0 Å². The van der Waals surface area contributed by atoms with Crippen molar-refractivity contribution in [3.05, 3.63) is 29.8 Å². The minimum Gasteiger partial charge on any atom is -0.398 e. The Balaban J connectivity index is 2.74. The molecule has 0 amide bonds. The number of anilines is 1. The van der Waals surface area contributed by atoms with Crippen LogP contribution in [0.25, 0.3) is 0 Å². The summed E-state index contributed by atoms with van der Waals surface area (Å²) in [7, 11) is 0. The number of hydrogen-bond donors (Lipinski definition) is 3. The summed E-state index contributed by atoms with van der Waals surface area (Å²) in [6, 6.07) is 5.26. The van der Waals surface area contributed by atoms with E-state index in [2.05, 4.69) is 4.74 Å². The van der Waals surface area contributed by atoms with E-state index in [9.17, 15) is 9.59 Å². The van der Waals surface area contributed by atoms with Gasteiger partial charge in [0, 0.05) is 12.2 Å². The van der Waals surface area contributed by atoms with E-state index in [4.69, 9.17) is 17.2 Å². The van der Waals surface area contributed by atoms with Crippen LogP contribution in [0.4, 0.5) is 5.69 Å². The molecule has 0 aliphatic rings. The zero-order valence-electron chi connectivity index (χ0n) is 8.55. The molecular weight excluding hydrogens is 210 g/mol. The highest BCUT2D eigenvalue weighted by Gasteiger charge is 2.19. The first-order chi connectivity index (χ1) is 7.56. The van der Waals surface area contributed by atoms with E-state index in [1.165, 1.54) is 12.1 Å². The van der Waals surface area contributed by atoms with Gasteiger partial charge in [0.05, 0.1) is 5.56 Å². The van der Waals surface area contributed by atoms with E-state index in [1.807, 2.05) is 0 Å². The van der Waals surface area contributed by atoms with E-state index in [0.29, 0.717) is 0 Å². The number of esters is 2. The summed E-state index contributed by atoms with van der Waals surface area (Å²) >= 11 is 0. The second-order valence-electron chi connectivity index (χ2n) is 3.14. The van der Waals surface area contributed by atoms with Crippen molar-refractivity contribution in [3.63, 3.8) is 0 Å². The Labute approximate surface area is 92.3 Å². The third-order valence-corrected chi connectivity index (χ3v) is 1.93. The summed E-state index contributed by atoms with van der Waals surface area (Å²) < 4.78 is 4.51. The van der Waals surface area contributed by atoms with Crippen molar-refractivity contribution in [2.24, 2.45) is 11.5 Å². The fourth-order valence-corrected chi connectivity index (χ4v) is 1.00. The summed E-state index contributed by atoms with van der Waals surface area (Å²) in [5.74, 6) is -1.69. The molecule has 0 radical (unpaired) electrons. The lowest BCUT2D eigenvalue weighted by molar-refractivity contribution is -0.139. The van der Waals surface area contributed by atoms with Crippen molar-refractivity contribution >= 4 is 17.6 Å². The van der Waals surface area contributed by atoms with Crippen molar-refractivity contribution in [2.75, 3.05) is 12.3 Å². The first-order valence-corrected chi connectivity index (χ1v) is 4.62. The maximum Gasteiger partial charge on any atom is 0.347 e. The standard InChI is InChI=1S/C10H13N3O3/c11-5-8(13)10(15)16-9(14)6-3-1-2-4-7(6)12/h1-4,8H,5,11-13H2/t8-/m0/s1. The highest BCUT2D eigenvalue weighted by Crippen LogP contribution is 2.11. The molecule has 1 aromatic rings. The average Bonchev–Trinajstić information content (AvgIpc) is 2.28. The zero-order valence-corrected chi connectivity index (χ0v) is 8.55. The molecule has 0 saturated carbocycles. The fourth-order valence-electron chi connectivity index (χ4n) is 1.00. The van der Waals surface area contributed by atoms with Crippen molar-refractivity contribution in [1.29, 1.82) is 0 Å². The van der Waals surface area contributed by atoms with Gasteiger partial charge in [0.2, 0.25) is 0 Å².